The molecule has 4 aromatic rings. The van der Waals surface area contributed by atoms with Crippen molar-refractivity contribution in [2.24, 2.45) is 0 Å². The van der Waals surface area contributed by atoms with E-state index in [0.29, 0.717) is 38.7 Å². The molecule has 0 spiro atoms. The van der Waals surface area contributed by atoms with Gasteiger partial charge in [-0.3, -0.25) is 15.1 Å². The summed E-state index contributed by atoms with van der Waals surface area (Å²) in [6.07, 6.45) is 1.69. The van der Waals surface area contributed by atoms with Gasteiger partial charge in [0.05, 0.1) is 41.1 Å². The number of aromatic hydroxyl groups is 1. The highest BCUT2D eigenvalue weighted by molar-refractivity contribution is 7.80. The molecule has 0 aliphatic carbocycles. The van der Waals surface area contributed by atoms with Crippen LogP contribution in [0.1, 0.15) is 23.5 Å². The van der Waals surface area contributed by atoms with Gasteiger partial charge in [-0.2, -0.15) is 0 Å². The van der Waals surface area contributed by atoms with Crippen LogP contribution in [-0.2, 0) is 0 Å². The quantitative estimate of drug-likeness (QED) is 0.184. The van der Waals surface area contributed by atoms with Crippen molar-refractivity contribution in [1.82, 2.24) is 10.3 Å². The number of nitro benzene ring substituents is 1. The van der Waals surface area contributed by atoms with Gasteiger partial charge in [0.25, 0.3) is 5.69 Å². The number of rotatable bonds is 6. The van der Waals surface area contributed by atoms with E-state index in [-0.39, 0.29) is 11.4 Å². The molecule has 0 amide bonds. The molecule has 1 aliphatic rings. The standard InChI is InChI=1S/C25H19ClN4O5S/c1-34-22-13-15(30(32)33)6-7-16(22)20-9-10-21(35-20)24-23(17-4-2-3-11-27-17)28-25(36)29(24)18-12-14(26)5-8-19(18)31/h2-13,23-24,31H,1H3,(H,28,36)/t23-,24-/m0/s1. The smallest absolute Gasteiger partial charge is 0.273 e. The number of nitrogens with zero attached hydrogens (tertiary/aromatic N) is 3. The number of nitro groups is 1. The largest absolute Gasteiger partial charge is 0.506 e. The Morgan fingerprint density at radius 2 is 2.03 bits per heavy atom. The van der Waals surface area contributed by atoms with Crippen molar-refractivity contribution in [3.8, 4) is 22.8 Å². The predicted molar refractivity (Wildman–Crippen MR) is 138 cm³/mol. The van der Waals surface area contributed by atoms with Gasteiger partial charge in [0.2, 0.25) is 0 Å². The minimum Gasteiger partial charge on any atom is -0.506 e. The zero-order chi connectivity index (χ0) is 25.4. The second-order valence-corrected chi connectivity index (χ2v) is 8.80. The minimum absolute atomic E-state index is 0.000890. The number of furan rings is 1. The zero-order valence-corrected chi connectivity index (χ0v) is 20.4. The second kappa shape index (κ2) is 9.48. The molecule has 2 aromatic carbocycles. The number of benzene rings is 2. The summed E-state index contributed by atoms with van der Waals surface area (Å²) in [6, 6.07) is 17.2. The number of anilines is 1. The van der Waals surface area contributed by atoms with E-state index < -0.39 is 17.0 Å². The second-order valence-electron chi connectivity index (χ2n) is 7.97. The van der Waals surface area contributed by atoms with Crippen molar-refractivity contribution in [2.75, 3.05) is 12.0 Å². The van der Waals surface area contributed by atoms with Gasteiger partial charge in [-0.05, 0) is 60.7 Å². The van der Waals surface area contributed by atoms with Gasteiger partial charge < -0.3 is 24.5 Å². The topological polar surface area (TPSA) is 114 Å². The molecule has 2 aromatic heterocycles. The van der Waals surface area contributed by atoms with E-state index in [9.17, 15) is 15.2 Å². The third-order valence-corrected chi connectivity index (χ3v) is 6.42. The maximum atomic E-state index is 11.2. The van der Waals surface area contributed by atoms with Crippen LogP contribution in [0.25, 0.3) is 11.3 Å². The number of non-ortho nitro benzene ring substituents is 1. The van der Waals surface area contributed by atoms with Crippen molar-refractivity contribution >= 4 is 40.3 Å². The summed E-state index contributed by atoms with van der Waals surface area (Å²) < 4.78 is 11.7. The van der Waals surface area contributed by atoms with E-state index in [4.69, 9.17) is 33.0 Å². The average Bonchev–Trinajstić information content (AvgIpc) is 3.50. The lowest BCUT2D eigenvalue weighted by Gasteiger charge is -2.26. The molecule has 3 heterocycles. The minimum atomic E-state index is -0.533. The Labute approximate surface area is 216 Å². The number of phenols is 1. The van der Waals surface area contributed by atoms with Crippen LogP contribution >= 0.6 is 23.8 Å². The van der Waals surface area contributed by atoms with Crippen molar-refractivity contribution in [3.63, 3.8) is 0 Å². The molecule has 1 saturated heterocycles. The van der Waals surface area contributed by atoms with E-state index in [1.165, 1.54) is 25.3 Å². The number of hydrogen-bond acceptors (Lipinski definition) is 7. The lowest BCUT2D eigenvalue weighted by atomic mass is 10.0. The van der Waals surface area contributed by atoms with Gasteiger partial charge in [0.15, 0.2) is 5.11 Å². The summed E-state index contributed by atoms with van der Waals surface area (Å²) in [5.74, 6) is 1.27. The Bertz CT molecular complexity index is 1460. The van der Waals surface area contributed by atoms with Gasteiger partial charge in [0.1, 0.15) is 29.1 Å². The fourth-order valence-corrected chi connectivity index (χ4v) is 4.75. The highest BCUT2D eigenvalue weighted by Crippen LogP contribution is 2.46. The molecule has 182 valence electrons. The summed E-state index contributed by atoms with van der Waals surface area (Å²) in [5, 5.41) is 25.9. The molecule has 0 radical (unpaired) electrons. The summed E-state index contributed by atoms with van der Waals surface area (Å²) in [5.41, 5.74) is 1.59. The molecule has 2 atom stereocenters. The molecule has 0 unspecified atom stereocenters. The molecule has 0 bridgehead atoms. The van der Waals surface area contributed by atoms with Gasteiger partial charge in [0, 0.05) is 17.3 Å². The van der Waals surface area contributed by atoms with E-state index in [1.807, 2.05) is 18.2 Å². The Balaban J connectivity index is 1.62. The third-order valence-electron chi connectivity index (χ3n) is 5.87. The number of phenolic OH excluding ortho intramolecular Hbond substituents is 1. The van der Waals surface area contributed by atoms with Crippen molar-refractivity contribution < 1.29 is 19.2 Å². The lowest BCUT2D eigenvalue weighted by molar-refractivity contribution is -0.384. The molecular weight excluding hydrogens is 504 g/mol. The summed E-state index contributed by atoms with van der Waals surface area (Å²) >= 11 is 11.9. The number of thiocarbonyl (C=S) groups is 1. The molecule has 2 N–H and O–H groups in total. The van der Waals surface area contributed by atoms with Crippen molar-refractivity contribution in [3.05, 3.63) is 99.5 Å². The highest BCUT2D eigenvalue weighted by atomic mass is 35.5. The van der Waals surface area contributed by atoms with Crippen LogP contribution in [0.15, 0.2) is 77.3 Å². The number of ether oxygens (including phenoxy) is 1. The number of aromatic nitrogens is 1. The van der Waals surface area contributed by atoms with Crippen molar-refractivity contribution in [2.45, 2.75) is 12.1 Å². The Hall–Kier alpha value is -4.15. The number of nitrogens with one attached hydrogen (secondary N) is 1. The molecule has 0 saturated carbocycles. The normalized spacial score (nSPS) is 17.2. The molecule has 1 fully saturated rings. The predicted octanol–water partition coefficient (Wildman–Crippen LogP) is 5.79. The van der Waals surface area contributed by atoms with E-state index >= 15 is 0 Å². The lowest BCUT2D eigenvalue weighted by Crippen LogP contribution is -2.29. The van der Waals surface area contributed by atoms with Gasteiger partial charge in [-0.25, -0.2) is 0 Å². The molecule has 1 aliphatic heterocycles. The van der Waals surface area contributed by atoms with Crippen LogP contribution in [-0.4, -0.2) is 27.2 Å². The van der Waals surface area contributed by atoms with Crippen LogP contribution < -0.4 is 15.0 Å². The first kappa shape index (κ1) is 23.6. The van der Waals surface area contributed by atoms with E-state index in [2.05, 4.69) is 10.3 Å². The van der Waals surface area contributed by atoms with Gasteiger partial charge in [-0.15, -0.1) is 0 Å². The summed E-state index contributed by atoms with van der Waals surface area (Å²) in [7, 11) is 1.44. The summed E-state index contributed by atoms with van der Waals surface area (Å²) in [4.78, 5) is 16.9. The fraction of sp³-hybridized carbons (Fsp3) is 0.120. The molecule has 9 nitrogen and oxygen atoms in total. The van der Waals surface area contributed by atoms with Crippen LogP contribution in [0.2, 0.25) is 5.02 Å². The summed E-state index contributed by atoms with van der Waals surface area (Å²) in [6.45, 7) is 0. The highest BCUT2D eigenvalue weighted by Gasteiger charge is 2.43. The van der Waals surface area contributed by atoms with Crippen LogP contribution in [0.5, 0.6) is 11.5 Å². The SMILES string of the molecule is COc1cc([N+](=O)[O-])ccc1-c1ccc([C@H]2[C@H](c3ccccn3)NC(=S)N2c2cc(Cl)ccc2O)o1. The number of pyridine rings is 1. The fourth-order valence-electron chi connectivity index (χ4n) is 4.25. The first-order valence-electron chi connectivity index (χ1n) is 10.8. The Kier molecular flexibility index (Phi) is 6.21. The number of methoxy groups -OCH3 is 1. The van der Waals surface area contributed by atoms with Gasteiger partial charge in [-0.1, -0.05) is 17.7 Å². The maximum Gasteiger partial charge on any atom is 0.273 e. The van der Waals surface area contributed by atoms with Crippen molar-refractivity contribution in [1.29, 1.82) is 0 Å². The number of hydrogen-bond donors (Lipinski definition) is 2. The molecule has 36 heavy (non-hydrogen) atoms. The van der Waals surface area contributed by atoms with Crippen LogP contribution in [0, 0.1) is 10.1 Å². The van der Waals surface area contributed by atoms with E-state index in [0.717, 1.165) is 5.69 Å². The first-order valence-corrected chi connectivity index (χ1v) is 11.6. The molecular formula is C25H19ClN4O5S. The number of halogens is 1. The Morgan fingerprint density at radius 1 is 1.19 bits per heavy atom. The van der Waals surface area contributed by atoms with E-state index in [1.54, 1.807) is 41.4 Å². The zero-order valence-electron chi connectivity index (χ0n) is 18.8. The molecule has 5 rings (SSSR count). The van der Waals surface area contributed by atoms with Crippen LogP contribution in [0.3, 0.4) is 0 Å². The maximum absolute atomic E-state index is 11.2. The van der Waals surface area contributed by atoms with Gasteiger partial charge >= 0.3 is 0 Å². The average molecular weight is 523 g/mol. The molecule has 11 heteroatoms. The monoisotopic (exact) mass is 522 g/mol. The third kappa shape index (κ3) is 4.21. The first-order chi connectivity index (χ1) is 17.4. The Morgan fingerprint density at radius 3 is 2.75 bits per heavy atom. The van der Waals surface area contributed by atoms with Crippen LogP contribution in [0.4, 0.5) is 11.4 Å².